The number of halogens is 3. The summed E-state index contributed by atoms with van der Waals surface area (Å²) in [5.41, 5.74) is -2.03. The Kier molecular flexibility index (Phi) is 7.32. The highest BCUT2D eigenvalue weighted by atomic mass is 32.1. The molecule has 166 valence electrons. The van der Waals surface area contributed by atoms with Gasteiger partial charge in [-0.1, -0.05) is 32.9 Å². The van der Waals surface area contributed by atoms with Gasteiger partial charge in [-0.3, -0.25) is 9.59 Å². The number of carbonyl (C=O) groups is 3. The normalized spacial score (nSPS) is 19.7. The van der Waals surface area contributed by atoms with E-state index in [4.69, 9.17) is 12.6 Å². The zero-order chi connectivity index (χ0) is 22.7. The molecule has 1 heterocycles. The van der Waals surface area contributed by atoms with Gasteiger partial charge < -0.3 is 22.3 Å². The number of benzene rings is 1. The minimum Gasteiger partial charge on any atom is -0.740 e. The Bertz CT molecular complexity index is 805. The molecule has 1 atom stereocenters. The van der Waals surface area contributed by atoms with Gasteiger partial charge in [0.2, 0.25) is 5.78 Å². The number of hydrogen-bond donors (Lipinski definition) is 0. The molecule has 1 aliphatic rings. The van der Waals surface area contributed by atoms with E-state index in [1.165, 1.54) is 17.0 Å². The first-order valence-electron chi connectivity index (χ1n) is 10.1. The van der Waals surface area contributed by atoms with Gasteiger partial charge >= 0.3 is 6.18 Å². The topological polar surface area (TPSA) is 54.5 Å². The van der Waals surface area contributed by atoms with Crippen molar-refractivity contribution in [3.63, 3.8) is 0 Å². The maximum Gasteiger partial charge on any atom is 0.416 e. The predicted octanol–water partition coefficient (Wildman–Crippen LogP) is 4.47. The number of nitrogens with zero attached hydrogens (tertiary/aromatic N) is 1. The first kappa shape index (κ1) is 24.3. The van der Waals surface area contributed by atoms with Crippen molar-refractivity contribution in [2.45, 2.75) is 71.0 Å². The van der Waals surface area contributed by atoms with Crippen molar-refractivity contribution in [2.24, 2.45) is 5.41 Å². The van der Waals surface area contributed by atoms with E-state index in [0.717, 1.165) is 12.1 Å². The molecule has 1 unspecified atom stereocenters. The number of ketones is 1. The molecule has 1 aliphatic heterocycles. The Morgan fingerprint density at radius 2 is 1.73 bits per heavy atom. The van der Waals surface area contributed by atoms with Crippen LogP contribution in [0.5, 0.6) is 0 Å². The second-order valence-corrected chi connectivity index (χ2v) is 8.86. The van der Waals surface area contributed by atoms with E-state index in [1.807, 2.05) is 6.92 Å². The molecule has 1 saturated heterocycles. The molecule has 8 heteroatoms. The lowest BCUT2D eigenvalue weighted by atomic mass is 9.83. The van der Waals surface area contributed by atoms with Crippen LogP contribution in [0.15, 0.2) is 24.3 Å². The molecule has 1 amide bonds. The third-order valence-corrected chi connectivity index (χ3v) is 6.52. The van der Waals surface area contributed by atoms with Crippen molar-refractivity contribution in [2.75, 3.05) is 6.54 Å². The van der Waals surface area contributed by atoms with Crippen molar-refractivity contribution < 1.29 is 27.6 Å². The van der Waals surface area contributed by atoms with Crippen LogP contribution in [0.3, 0.4) is 0 Å². The molecule has 4 nitrogen and oxygen atoms in total. The lowest BCUT2D eigenvalue weighted by Crippen LogP contribution is -2.56. The second kappa shape index (κ2) is 9.04. The summed E-state index contributed by atoms with van der Waals surface area (Å²) < 4.78 is 38.1. The zero-order valence-electron chi connectivity index (χ0n) is 17.5. The number of aryl methyl sites for hydroxylation is 1. The Morgan fingerprint density at radius 3 is 2.23 bits per heavy atom. The summed E-state index contributed by atoms with van der Waals surface area (Å²) in [6.45, 7) is 5.52. The van der Waals surface area contributed by atoms with E-state index in [9.17, 15) is 27.6 Å². The molecule has 2 rings (SSSR count). The van der Waals surface area contributed by atoms with Crippen LogP contribution in [0.4, 0.5) is 13.2 Å². The fraction of sp³-hybridized carbons (Fsp3) is 0.591. The molecule has 1 fully saturated rings. The molecule has 30 heavy (non-hydrogen) atoms. The van der Waals surface area contributed by atoms with Gasteiger partial charge in [0.25, 0.3) is 5.91 Å². The average molecular weight is 443 g/mol. The first-order valence-corrected chi connectivity index (χ1v) is 10.5. The van der Waals surface area contributed by atoms with Crippen LogP contribution >= 0.6 is 0 Å². The van der Waals surface area contributed by atoms with Crippen LogP contribution in [0.2, 0.25) is 0 Å². The summed E-state index contributed by atoms with van der Waals surface area (Å²) in [4.78, 5) is 39.3. The van der Waals surface area contributed by atoms with Crippen LogP contribution in [0, 0.1) is 5.41 Å². The molecule has 1 aromatic carbocycles. The van der Waals surface area contributed by atoms with Gasteiger partial charge in [-0.2, -0.15) is 13.2 Å². The van der Waals surface area contributed by atoms with Gasteiger partial charge in [-0.15, -0.1) is 0 Å². The highest BCUT2D eigenvalue weighted by molar-refractivity contribution is 7.77. The van der Waals surface area contributed by atoms with Gasteiger partial charge in [-0.25, -0.2) is 0 Å². The monoisotopic (exact) mass is 442 g/mol. The van der Waals surface area contributed by atoms with Gasteiger partial charge in [0.1, 0.15) is 0 Å². The molecule has 0 bridgehead atoms. The molecule has 0 saturated carbocycles. The van der Waals surface area contributed by atoms with Crippen molar-refractivity contribution in [3.05, 3.63) is 35.4 Å². The lowest BCUT2D eigenvalue weighted by molar-refractivity contribution is -0.153. The molecule has 0 N–H and O–H groups in total. The fourth-order valence-corrected chi connectivity index (χ4v) is 4.08. The van der Waals surface area contributed by atoms with Crippen LogP contribution < -0.4 is 0 Å². The van der Waals surface area contributed by atoms with Crippen molar-refractivity contribution in [3.8, 4) is 0 Å². The van der Waals surface area contributed by atoms with E-state index in [2.05, 4.69) is 0 Å². The number of alkyl halides is 3. The summed E-state index contributed by atoms with van der Waals surface area (Å²) in [5.74, 6) is -1.21. The van der Waals surface area contributed by atoms with Crippen molar-refractivity contribution in [1.29, 1.82) is 0 Å². The molecule has 0 spiro atoms. The van der Waals surface area contributed by atoms with Crippen molar-refractivity contribution >= 4 is 29.4 Å². The predicted molar refractivity (Wildman–Crippen MR) is 110 cm³/mol. The van der Waals surface area contributed by atoms with Crippen LogP contribution in [0.25, 0.3) is 0 Å². The summed E-state index contributed by atoms with van der Waals surface area (Å²) in [6.07, 6.45) is -1.74. The summed E-state index contributed by atoms with van der Waals surface area (Å²) in [6, 6.07) is 4.88. The second-order valence-electron chi connectivity index (χ2n) is 8.49. The van der Waals surface area contributed by atoms with Gasteiger partial charge in [0.15, 0.2) is 0 Å². The Balaban J connectivity index is 2.12. The smallest absolute Gasteiger partial charge is 0.416 e. The Morgan fingerprint density at radius 1 is 1.13 bits per heavy atom. The van der Waals surface area contributed by atoms with E-state index >= 15 is 0 Å². The lowest BCUT2D eigenvalue weighted by Gasteiger charge is -2.41. The van der Waals surface area contributed by atoms with E-state index < -0.39 is 39.5 Å². The SMILES string of the molecule is CCC(C)(C)C(=O)C(=O)N1CCCC1(CCCc1ccc(C(F)(F)F)cc1)C(=O)[S-]. The number of likely N-dealkylation sites (tertiary alicyclic amines) is 1. The van der Waals surface area contributed by atoms with Crippen LogP contribution in [0.1, 0.15) is 64.0 Å². The molecular weight excluding hydrogens is 415 g/mol. The highest BCUT2D eigenvalue weighted by Gasteiger charge is 2.47. The maximum absolute atomic E-state index is 12.9. The number of hydrogen-bond acceptors (Lipinski definition) is 4. The minimum absolute atomic E-state index is 0.280. The molecular formula is C22H27F3NO3S-. The molecule has 0 aromatic heterocycles. The number of carbonyl (C=O) groups excluding carboxylic acids is 3. The van der Waals surface area contributed by atoms with E-state index in [1.54, 1.807) is 13.8 Å². The summed E-state index contributed by atoms with van der Waals surface area (Å²) in [7, 11) is 0. The zero-order valence-corrected chi connectivity index (χ0v) is 18.3. The number of Topliss-reactive ketones (excluding diaryl/α,β-unsaturated/α-hetero) is 1. The molecule has 0 radical (unpaired) electrons. The standard InChI is InChI=1S/C22H28F3NO3S/c1-4-20(2,3)17(27)18(28)26-14-6-13-21(26,19(29)30)12-5-7-15-8-10-16(11-9-15)22(23,24)25/h8-11H,4-7,12-14H2,1-3H3,(H,29,30)/p-1. The van der Waals surface area contributed by atoms with Gasteiger partial charge in [0, 0.05) is 17.1 Å². The van der Waals surface area contributed by atoms with Gasteiger partial charge in [-0.05, 0) is 56.2 Å². The van der Waals surface area contributed by atoms with Gasteiger partial charge in [0.05, 0.1) is 11.1 Å². The Hall–Kier alpha value is -1.96. The number of amides is 1. The maximum atomic E-state index is 12.9. The Labute approximate surface area is 180 Å². The minimum atomic E-state index is -4.39. The fourth-order valence-electron chi connectivity index (χ4n) is 3.77. The summed E-state index contributed by atoms with van der Waals surface area (Å²) in [5, 5.41) is -0.567. The first-order chi connectivity index (χ1) is 13.8. The number of rotatable bonds is 8. The van der Waals surface area contributed by atoms with E-state index in [-0.39, 0.29) is 6.42 Å². The van der Waals surface area contributed by atoms with E-state index in [0.29, 0.717) is 44.2 Å². The van der Waals surface area contributed by atoms with Crippen molar-refractivity contribution in [1.82, 2.24) is 4.90 Å². The third kappa shape index (κ3) is 5.02. The summed E-state index contributed by atoms with van der Waals surface area (Å²) >= 11 is 4.97. The average Bonchev–Trinajstić information content (AvgIpc) is 3.11. The molecule has 0 aliphatic carbocycles. The largest absolute Gasteiger partial charge is 0.740 e. The van der Waals surface area contributed by atoms with Crippen LogP contribution in [-0.4, -0.2) is 33.8 Å². The third-order valence-electron chi connectivity index (χ3n) is 6.14. The quantitative estimate of drug-likeness (QED) is 0.440. The highest BCUT2D eigenvalue weighted by Crippen LogP contribution is 2.37. The molecule has 1 aromatic rings. The van der Waals surface area contributed by atoms with Crippen LogP contribution in [-0.2, 0) is 39.6 Å².